The number of nitrogens with one attached hydrogen (secondary N) is 2. The second-order valence-electron chi connectivity index (χ2n) is 7.81. The molecule has 2 aromatic carbocycles. The Labute approximate surface area is 214 Å². The highest BCUT2D eigenvalue weighted by Crippen LogP contribution is 2.15. The van der Waals surface area contributed by atoms with Crippen LogP contribution in [0, 0.1) is 0 Å². The lowest BCUT2D eigenvalue weighted by Gasteiger charge is -2.36. The van der Waals surface area contributed by atoms with Gasteiger partial charge in [-0.15, -0.1) is 24.0 Å². The third-order valence-electron chi connectivity index (χ3n) is 5.31. The summed E-state index contributed by atoms with van der Waals surface area (Å²) in [6, 6.07) is 18.4. The largest absolute Gasteiger partial charge is 0.484 e. The average molecular weight is 566 g/mol. The summed E-state index contributed by atoms with van der Waals surface area (Å²) in [6.45, 7) is 10.9. The van der Waals surface area contributed by atoms with Crippen molar-refractivity contribution < 1.29 is 9.53 Å². The van der Waals surface area contributed by atoms with E-state index in [4.69, 9.17) is 9.73 Å². The quantitative estimate of drug-likeness (QED) is 0.278. The zero-order valence-corrected chi connectivity index (χ0v) is 22.0. The van der Waals surface area contributed by atoms with Gasteiger partial charge in [0.2, 0.25) is 0 Å². The van der Waals surface area contributed by atoms with E-state index in [-0.39, 0.29) is 36.5 Å². The van der Waals surface area contributed by atoms with Crippen molar-refractivity contribution in [3.63, 3.8) is 0 Å². The standard InChI is InChI=1S/C25H35N5O2.HI/c1-3-26-24(31)20-32-23-12-8-11-22(17-23)18-28-25(27-4-2)30-15-13-29(14-16-30)19-21-9-6-5-7-10-21;/h5-12,17H,3-4,13-16,18-20H2,1-2H3,(H,26,31)(H,27,28);1H. The number of halogens is 1. The number of carbonyl (C=O) groups excluding carboxylic acids is 1. The number of aliphatic imine (C=N–C) groups is 1. The van der Waals surface area contributed by atoms with Crippen molar-refractivity contribution in [3.05, 3.63) is 65.7 Å². The Balaban J connectivity index is 0.00000385. The van der Waals surface area contributed by atoms with E-state index < -0.39 is 0 Å². The first kappa shape index (κ1) is 26.9. The van der Waals surface area contributed by atoms with Gasteiger partial charge in [-0.25, -0.2) is 4.99 Å². The molecule has 1 aliphatic heterocycles. The number of piperazine rings is 1. The predicted molar refractivity (Wildman–Crippen MR) is 144 cm³/mol. The third kappa shape index (κ3) is 9.21. The summed E-state index contributed by atoms with van der Waals surface area (Å²) in [6.07, 6.45) is 0. The van der Waals surface area contributed by atoms with Crippen molar-refractivity contribution in [1.29, 1.82) is 0 Å². The molecule has 0 spiro atoms. The van der Waals surface area contributed by atoms with Gasteiger partial charge in [0.05, 0.1) is 6.54 Å². The Hall–Kier alpha value is -2.33. The van der Waals surface area contributed by atoms with E-state index in [9.17, 15) is 4.79 Å². The number of ether oxygens (including phenoxy) is 1. The van der Waals surface area contributed by atoms with Crippen molar-refractivity contribution >= 4 is 35.8 Å². The van der Waals surface area contributed by atoms with E-state index >= 15 is 0 Å². The summed E-state index contributed by atoms with van der Waals surface area (Å²) < 4.78 is 5.60. The topological polar surface area (TPSA) is 69.2 Å². The molecule has 180 valence electrons. The van der Waals surface area contributed by atoms with Gasteiger partial charge < -0.3 is 20.3 Å². The summed E-state index contributed by atoms with van der Waals surface area (Å²) in [4.78, 5) is 21.3. The number of nitrogens with zero attached hydrogens (tertiary/aromatic N) is 3. The first-order chi connectivity index (χ1) is 15.7. The zero-order chi connectivity index (χ0) is 22.6. The summed E-state index contributed by atoms with van der Waals surface area (Å²) in [5.41, 5.74) is 2.41. The maximum atomic E-state index is 11.6. The maximum absolute atomic E-state index is 11.6. The van der Waals surface area contributed by atoms with Crippen LogP contribution in [0.25, 0.3) is 0 Å². The van der Waals surface area contributed by atoms with Crippen LogP contribution in [0.4, 0.5) is 0 Å². The molecule has 1 aliphatic rings. The Morgan fingerprint density at radius 2 is 1.64 bits per heavy atom. The van der Waals surface area contributed by atoms with Crippen LogP contribution >= 0.6 is 24.0 Å². The summed E-state index contributed by atoms with van der Waals surface area (Å²) in [5.74, 6) is 1.51. The molecule has 8 heteroatoms. The molecule has 3 rings (SSSR count). The SMILES string of the molecule is CCNC(=O)COc1cccc(CN=C(NCC)N2CCN(Cc3ccccc3)CC2)c1.I. The van der Waals surface area contributed by atoms with Crippen molar-refractivity contribution in [1.82, 2.24) is 20.4 Å². The molecule has 1 heterocycles. The molecule has 2 aromatic rings. The fourth-order valence-electron chi connectivity index (χ4n) is 3.68. The third-order valence-corrected chi connectivity index (χ3v) is 5.31. The van der Waals surface area contributed by atoms with Crippen LogP contribution in [0.5, 0.6) is 5.75 Å². The number of amides is 1. The smallest absolute Gasteiger partial charge is 0.257 e. The Kier molecular flexibility index (Phi) is 12.0. The minimum Gasteiger partial charge on any atom is -0.484 e. The van der Waals surface area contributed by atoms with Crippen LogP contribution < -0.4 is 15.4 Å². The number of rotatable bonds is 9. The Morgan fingerprint density at radius 3 is 2.33 bits per heavy atom. The summed E-state index contributed by atoms with van der Waals surface area (Å²) >= 11 is 0. The van der Waals surface area contributed by atoms with Gasteiger partial charge in [-0.2, -0.15) is 0 Å². The zero-order valence-electron chi connectivity index (χ0n) is 19.6. The lowest BCUT2D eigenvalue weighted by molar-refractivity contribution is -0.122. The molecule has 1 fully saturated rings. The summed E-state index contributed by atoms with van der Waals surface area (Å²) in [7, 11) is 0. The van der Waals surface area contributed by atoms with E-state index in [1.165, 1.54) is 5.56 Å². The molecule has 0 saturated carbocycles. The number of guanidine groups is 1. The number of benzene rings is 2. The van der Waals surface area contributed by atoms with Gasteiger partial charge in [0.1, 0.15) is 5.75 Å². The molecule has 0 unspecified atom stereocenters. The highest BCUT2D eigenvalue weighted by molar-refractivity contribution is 14.0. The number of likely N-dealkylation sites (N-methyl/N-ethyl adjacent to an activating group) is 1. The van der Waals surface area contributed by atoms with Crippen LogP contribution in [0.15, 0.2) is 59.6 Å². The van der Waals surface area contributed by atoms with Gasteiger partial charge in [0.15, 0.2) is 12.6 Å². The minimum absolute atomic E-state index is 0. The molecule has 0 aliphatic carbocycles. The van der Waals surface area contributed by atoms with Crippen LogP contribution in [0.1, 0.15) is 25.0 Å². The molecule has 2 N–H and O–H groups in total. The fraction of sp³-hybridized carbons (Fsp3) is 0.440. The molecule has 0 bridgehead atoms. The maximum Gasteiger partial charge on any atom is 0.257 e. The highest BCUT2D eigenvalue weighted by Gasteiger charge is 2.19. The van der Waals surface area contributed by atoms with Gasteiger partial charge in [0, 0.05) is 45.8 Å². The second-order valence-corrected chi connectivity index (χ2v) is 7.81. The van der Waals surface area contributed by atoms with Gasteiger partial charge >= 0.3 is 0 Å². The van der Waals surface area contributed by atoms with Gasteiger partial charge in [-0.05, 0) is 37.1 Å². The van der Waals surface area contributed by atoms with Crippen LogP contribution in [-0.2, 0) is 17.9 Å². The van der Waals surface area contributed by atoms with Gasteiger partial charge in [-0.1, -0.05) is 42.5 Å². The van der Waals surface area contributed by atoms with Crippen LogP contribution in [-0.4, -0.2) is 67.5 Å². The molecular formula is C25H36IN5O2. The fourth-order valence-corrected chi connectivity index (χ4v) is 3.68. The van der Waals surface area contributed by atoms with E-state index in [0.29, 0.717) is 18.8 Å². The number of hydrogen-bond donors (Lipinski definition) is 2. The van der Waals surface area contributed by atoms with E-state index in [2.05, 4.69) is 57.7 Å². The Bertz CT molecular complexity index is 870. The normalized spacial score (nSPS) is 14.4. The molecule has 0 atom stereocenters. The van der Waals surface area contributed by atoms with E-state index in [1.807, 2.05) is 31.2 Å². The first-order valence-corrected chi connectivity index (χ1v) is 11.5. The molecule has 1 amide bonds. The highest BCUT2D eigenvalue weighted by atomic mass is 127. The van der Waals surface area contributed by atoms with Gasteiger partial charge in [-0.3, -0.25) is 9.69 Å². The van der Waals surface area contributed by atoms with E-state index in [0.717, 1.165) is 50.8 Å². The van der Waals surface area contributed by atoms with Crippen LogP contribution in [0.2, 0.25) is 0 Å². The lowest BCUT2D eigenvalue weighted by Crippen LogP contribution is -2.52. The predicted octanol–water partition coefficient (Wildman–Crippen LogP) is 3.10. The minimum atomic E-state index is -0.114. The lowest BCUT2D eigenvalue weighted by atomic mass is 10.2. The number of carbonyl (C=O) groups is 1. The molecular weight excluding hydrogens is 529 g/mol. The van der Waals surface area contributed by atoms with Crippen molar-refractivity contribution in [2.45, 2.75) is 26.9 Å². The van der Waals surface area contributed by atoms with Crippen LogP contribution in [0.3, 0.4) is 0 Å². The molecule has 0 radical (unpaired) electrons. The van der Waals surface area contributed by atoms with E-state index in [1.54, 1.807) is 0 Å². The molecule has 7 nitrogen and oxygen atoms in total. The average Bonchev–Trinajstić information content (AvgIpc) is 2.82. The van der Waals surface area contributed by atoms with Crippen molar-refractivity contribution in [3.8, 4) is 5.75 Å². The Morgan fingerprint density at radius 1 is 0.939 bits per heavy atom. The molecule has 33 heavy (non-hydrogen) atoms. The van der Waals surface area contributed by atoms with Gasteiger partial charge in [0.25, 0.3) is 5.91 Å². The second kappa shape index (κ2) is 14.7. The van der Waals surface area contributed by atoms with Crippen molar-refractivity contribution in [2.24, 2.45) is 4.99 Å². The number of hydrogen-bond acceptors (Lipinski definition) is 4. The molecule has 0 aromatic heterocycles. The van der Waals surface area contributed by atoms with Crippen molar-refractivity contribution in [2.75, 3.05) is 45.9 Å². The monoisotopic (exact) mass is 565 g/mol. The molecule has 1 saturated heterocycles. The first-order valence-electron chi connectivity index (χ1n) is 11.5. The summed E-state index contributed by atoms with van der Waals surface area (Å²) in [5, 5.41) is 6.16.